The molecule has 1 unspecified atom stereocenters. The highest BCUT2D eigenvalue weighted by Crippen LogP contribution is 2.77. The average molecular weight is 505 g/mol. The van der Waals surface area contributed by atoms with E-state index in [0.29, 0.717) is 17.1 Å². The first-order chi connectivity index (χ1) is 13.3. The maximum atomic E-state index is 12.4. The SMILES string of the molecule is CC1(C)[C@@H](C(Br)=CBr)[C@]1(C(=O)O)C(C#N)c1cccc(Oc2ccccc2)c1. The van der Waals surface area contributed by atoms with Crippen molar-refractivity contribution in [3.8, 4) is 17.6 Å². The van der Waals surface area contributed by atoms with Gasteiger partial charge >= 0.3 is 5.97 Å². The van der Waals surface area contributed by atoms with Crippen LogP contribution in [0.15, 0.2) is 64.1 Å². The van der Waals surface area contributed by atoms with Gasteiger partial charge in [-0.05, 0) is 40.2 Å². The van der Waals surface area contributed by atoms with Gasteiger partial charge in [-0.15, -0.1) is 0 Å². The standard InChI is InChI=1S/C22H19Br2NO3/c1-21(2)19(18(24)12-23)22(21,20(26)27)17(13-25)14-7-6-10-16(11-14)28-15-8-4-3-5-9-15/h3-12,17,19H,1-2H3,(H,26,27)/t17?,19-,22+/m1/s1. The van der Waals surface area contributed by atoms with Gasteiger partial charge in [-0.2, -0.15) is 5.26 Å². The molecule has 144 valence electrons. The first-order valence-electron chi connectivity index (χ1n) is 8.72. The Morgan fingerprint density at radius 3 is 2.43 bits per heavy atom. The smallest absolute Gasteiger partial charge is 0.312 e. The van der Waals surface area contributed by atoms with Crippen molar-refractivity contribution in [2.75, 3.05) is 0 Å². The minimum absolute atomic E-state index is 0.319. The number of ether oxygens (including phenoxy) is 1. The molecule has 0 aromatic heterocycles. The van der Waals surface area contributed by atoms with Gasteiger partial charge < -0.3 is 9.84 Å². The highest BCUT2D eigenvalue weighted by atomic mass is 79.9. The van der Waals surface area contributed by atoms with Crippen LogP contribution in [-0.2, 0) is 4.79 Å². The lowest BCUT2D eigenvalue weighted by Gasteiger charge is -2.22. The molecule has 0 saturated heterocycles. The molecule has 4 nitrogen and oxygen atoms in total. The molecule has 3 atom stereocenters. The van der Waals surface area contributed by atoms with Crippen LogP contribution in [0.3, 0.4) is 0 Å². The fourth-order valence-corrected chi connectivity index (χ4v) is 5.50. The van der Waals surface area contributed by atoms with E-state index in [4.69, 9.17) is 4.74 Å². The number of benzene rings is 2. The Kier molecular flexibility index (Phi) is 5.69. The van der Waals surface area contributed by atoms with Crippen LogP contribution in [0.2, 0.25) is 0 Å². The van der Waals surface area contributed by atoms with Crippen molar-refractivity contribution in [3.63, 3.8) is 0 Å². The average Bonchev–Trinajstić information content (AvgIpc) is 3.20. The molecule has 1 aliphatic rings. The van der Waals surface area contributed by atoms with Gasteiger partial charge in [0.05, 0.1) is 12.0 Å². The molecule has 3 rings (SSSR count). The number of hydrogen-bond donors (Lipinski definition) is 1. The van der Waals surface area contributed by atoms with Crippen molar-refractivity contribution in [3.05, 3.63) is 69.6 Å². The van der Waals surface area contributed by atoms with E-state index in [1.165, 1.54) is 0 Å². The van der Waals surface area contributed by atoms with Gasteiger partial charge in [0.25, 0.3) is 0 Å². The Morgan fingerprint density at radius 1 is 1.21 bits per heavy atom. The number of hydrogen-bond acceptors (Lipinski definition) is 3. The summed E-state index contributed by atoms with van der Waals surface area (Å²) in [4.78, 5) is 14.1. The largest absolute Gasteiger partial charge is 0.481 e. The summed E-state index contributed by atoms with van der Waals surface area (Å²) in [5, 5.41) is 20.2. The molecule has 0 radical (unpaired) electrons. The molecule has 1 N–H and O–H groups in total. The van der Waals surface area contributed by atoms with E-state index < -0.39 is 22.7 Å². The molecule has 0 amide bonds. The molecule has 0 bridgehead atoms. The fraction of sp³-hybridized carbons (Fsp3) is 0.273. The molecular weight excluding hydrogens is 486 g/mol. The Morgan fingerprint density at radius 2 is 1.86 bits per heavy atom. The molecule has 1 fully saturated rings. The van der Waals surface area contributed by atoms with Crippen molar-refractivity contribution in [2.24, 2.45) is 16.7 Å². The van der Waals surface area contributed by atoms with Crippen LogP contribution < -0.4 is 4.74 Å². The quantitative estimate of drug-likeness (QED) is 0.491. The Bertz CT molecular complexity index is 965. The third-order valence-corrected chi connectivity index (χ3v) is 7.44. The molecule has 0 aliphatic heterocycles. The van der Waals surface area contributed by atoms with Gasteiger partial charge in [-0.1, -0.05) is 76.0 Å². The monoisotopic (exact) mass is 503 g/mol. The summed E-state index contributed by atoms with van der Waals surface area (Å²) in [7, 11) is 0. The summed E-state index contributed by atoms with van der Waals surface area (Å²) in [5.74, 6) is -0.885. The van der Waals surface area contributed by atoms with Crippen molar-refractivity contribution in [1.29, 1.82) is 5.26 Å². The van der Waals surface area contributed by atoms with Crippen molar-refractivity contribution in [2.45, 2.75) is 19.8 Å². The van der Waals surface area contributed by atoms with Gasteiger partial charge in [-0.3, -0.25) is 4.79 Å². The Hall–Kier alpha value is -2.10. The van der Waals surface area contributed by atoms with Crippen LogP contribution in [0.4, 0.5) is 0 Å². The van der Waals surface area contributed by atoms with Gasteiger partial charge in [0.2, 0.25) is 0 Å². The predicted molar refractivity (Wildman–Crippen MR) is 115 cm³/mol. The fourth-order valence-electron chi connectivity index (χ4n) is 4.30. The molecule has 2 aromatic carbocycles. The number of rotatable bonds is 6. The van der Waals surface area contributed by atoms with Gasteiger partial charge in [-0.25, -0.2) is 0 Å². The summed E-state index contributed by atoms with van der Waals surface area (Å²) in [5.41, 5.74) is -1.21. The number of nitrogens with zero attached hydrogens (tertiary/aromatic N) is 1. The maximum absolute atomic E-state index is 12.4. The lowest BCUT2D eigenvalue weighted by atomic mass is 9.78. The molecule has 2 aromatic rings. The summed E-state index contributed by atoms with van der Waals surface area (Å²) in [6, 6.07) is 18.7. The van der Waals surface area contributed by atoms with E-state index >= 15 is 0 Å². The summed E-state index contributed by atoms with van der Waals surface area (Å²) < 4.78 is 6.60. The van der Waals surface area contributed by atoms with Crippen molar-refractivity contribution >= 4 is 37.8 Å². The van der Waals surface area contributed by atoms with Crippen LogP contribution >= 0.6 is 31.9 Å². The number of nitriles is 1. The molecule has 1 saturated carbocycles. The highest BCUT2D eigenvalue weighted by molar-refractivity contribution is 9.14. The number of carbonyl (C=O) groups is 1. The Labute approximate surface area is 181 Å². The second-order valence-electron chi connectivity index (χ2n) is 7.37. The molecule has 6 heteroatoms. The second kappa shape index (κ2) is 7.73. The van der Waals surface area contributed by atoms with E-state index in [0.717, 1.165) is 4.48 Å². The summed E-state index contributed by atoms with van der Waals surface area (Å²) >= 11 is 6.75. The number of carboxylic acids is 1. The van der Waals surface area contributed by atoms with Crippen LogP contribution in [0.25, 0.3) is 0 Å². The molecule has 0 spiro atoms. The lowest BCUT2D eigenvalue weighted by Crippen LogP contribution is -2.29. The van der Waals surface area contributed by atoms with E-state index in [1.54, 1.807) is 29.3 Å². The minimum atomic E-state index is -1.24. The summed E-state index contributed by atoms with van der Waals surface area (Å²) in [6.07, 6.45) is 0. The van der Waals surface area contributed by atoms with Crippen LogP contribution in [-0.4, -0.2) is 11.1 Å². The maximum Gasteiger partial charge on any atom is 0.312 e. The third kappa shape index (κ3) is 3.17. The van der Waals surface area contributed by atoms with Gasteiger partial charge in [0.15, 0.2) is 0 Å². The zero-order chi connectivity index (χ0) is 20.5. The molecule has 1 aliphatic carbocycles. The van der Waals surface area contributed by atoms with Crippen LogP contribution in [0, 0.1) is 28.1 Å². The van der Waals surface area contributed by atoms with E-state index in [9.17, 15) is 15.2 Å². The minimum Gasteiger partial charge on any atom is -0.481 e. The lowest BCUT2D eigenvalue weighted by molar-refractivity contribution is -0.145. The van der Waals surface area contributed by atoms with Crippen molar-refractivity contribution in [1.82, 2.24) is 0 Å². The second-order valence-corrected chi connectivity index (χ2v) is 8.75. The first kappa shape index (κ1) is 20.6. The van der Waals surface area contributed by atoms with Crippen LogP contribution in [0.5, 0.6) is 11.5 Å². The Balaban J connectivity index is 2.03. The number of allylic oxidation sites excluding steroid dienone is 1. The molecule has 0 heterocycles. The topological polar surface area (TPSA) is 70.3 Å². The number of aliphatic carboxylic acids is 1. The van der Waals surface area contributed by atoms with E-state index in [-0.39, 0.29) is 5.92 Å². The normalized spacial score (nSPS) is 24.1. The van der Waals surface area contributed by atoms with E-state index in [2.05, 4.69) is 37.9 Å². The van der Waals surface area contributed by atoms with Crippen molar-refractivity contribution < 1.29 is 14.6 Å². The predicted octanol–water partition coefficient (Wildman–Crippen LogP) is 6.44. The van der Waals surface area contributed by atoms with Crippen LogP contribution in [0.1, 0.15) is 25.3 Å². The number of halogens is 2. The van der Waals surface area contributed by atoms with E-state index in [1.807, 2.05) is 44.2 Å². The van der Waals surface area contributed by atoms with Gasteiger partial charge in [0, 0.05) is 10.4 Å². The zero-order valence-electron chi connectivity index (χ0n) is 15.4. The number of carboxylic acid groups (broad SMARTS) is 1. The number of para-hydroxylation sites is 1. The highest BCUT2D eigenvalue weighted by Gasteiger charge is 2.80. The van der Waals surface area contributed by atoms with Gasteiger partial charge in [0.1, 0.15) is 16.9 Å². The molecule has 28 heavy (non-hydrogen) atoms. The zero-order valence-corrected chi connectivity index (χ0v) is 18.6. The summed E-state index contributed by atoms with van der Waals surface area (Å²) in [6.45, 7) is 3.77. The first-order valence-corrected chi connectivity index (χ1v) is 10.4. The third-order valence-electron chi connectivity index (χ3n) is 5.65. The molecular formula is C22H19Br2NO3.